The zero-order chi connectivity index (χ0) is 18.9. The van der Waals surface area contributed by atoms with Crippen molar-refractivity contribution in [3.8, 4) is 5.75 Å². The highest BCUT2D eigenvalue weighted by Gasteiger charge is 2.14. The Labute approximate surface area is 152 Å². The van der Waals surface area contributed by atoms with Gasteiger partial charge in [-0.25, -0.2) is 4.39 Å². The van der Waals surface area contributed by atoms with Gasteiger partial charge in [-0.2, -0.15) is 0 Å². The Morgan fingerprint density at radius 3 is 2.46 bits per heavy atom. The van der Waals surface area contributed by atoms with Gasteiger partial charge in [-0.15, -0.1) is 0 Å². The summed E-state index contributed by atoms with van der Waals surface area (Å²) in [4.78, 5) is 25.0. The van der Waals surface area contributed by atoms with Crippen LogP contribution in [0.1, 0.15) is 17.5 Å². The van der Waals surface area contributed by atoms with Crippen molar-refractivity contribution in [2.75, 3.05) is 20.3 Å². The fraction of sp³-hybridized carbons (Fsp3) is 0.300. The molecule has 0 N–H and O–H groups in total. The molecule has 0 aliphatic rings. The van der Waals surface area contributed by atoms with Crippen molar-refractivity contribution in [3.05, 3.63) is 65.5 Å². The Kier molecular flexibility index (Phi) is 7.14. The lowest BCUT2D eigenvalue weighted by atomic mass is 10.2. The predicted octanol–water partition coefficient (Wildman–Crippen LogP) is 3.10. The Bertz CT molecular complexity index is 746. The van der Waals surface area contributed by atoms with Gasteiger partial charge in [0.25, 0.3) is 5.91 Å². The molecule has 6 heteroatoms. The summed E-state index contributed by atoms with van der Waals surface area (Å²) in [5, 5.41) is 0. The minimum Gasteiger partial charge on any atom is -0.493 e. The molecule has 2 aromatic rings. The number of benzene rings is 2. The largest absolute Gasteiger partial charge is 0.493 e. The van der Waals surface area contributed by atoms with Crippen LogP contribution in [0.2, 0.25) is 0 Å². The number of ether oxygens (including phenoxy) is 2. The van der Waals surface area contributed by atoms with Gasteiger partial charge < -0.3 is 14.4 Å². The summed E-state index contributed by atoms with van der Waals surface area (Å²) < 4.78 is 24.0. The first-order valence-electron chi connectivity index (χ1n) is 8.28. The zero-order valence-corrected chi connectivity index (χ0v) is 14.9. The van der Waals surface area contributed by atoms with Crippen LogP contribution < -0.4 is 4.74 Å². The van der Waals surface area contributed by atoms with Crippen molar-refractivity contribution in [1.29, 1.82) is 0 Å². The third-order valence-electron chi connectivity index (χ3n) is 3.74. The molecule has 2 aromatic carbocycles. The summed E-state index contributed by atoms with van der Waals surface area (Å²) in [6, 6.07) is 13.7. The first-order chi connectivity index (χ1) is 12.5. The van der Waals surface area contributed by atoms with Crippen LogP contribution in [-0.4, -0.2) is 37.0 Å². The molecule has 0 heterocycles. The maximum absolute atomic E-state index is 13.6. The molecule has 2 rings (SSSR count). The van der Waals surface area contributed by atoms with Gasteiger partial charge in [0.1, 0.15) is 11.6 Å². The van der Waals surface area contributed by atoms with Gasteiger partial charge in [-0.3, -0.25) is 9.59 Å². The van der Waals surface area contributed by atoms with Crippen LogP contribution in [0.3, 0.4) is 0 Å². The molecule has 26 heavy (non-hydrogen) atoms. The second-order valence-electron chi connectivity index (χ2n) is 5.91. The Balaban J connectivity index is 1.68. The van der Waals surface area contributed by atoms with Crippen LogP contribution in [0.5, 0.6) is 5.75 Å². The van der Waals surface area contributed by atoms with E-state index < -0.39 is 11.9 Å². The van der Waals surface area contributed by atoms with E-state index in [4.69, 9.17) is 9.47 Å². The molecular weight excluding hydrogens is 337 g/mol. The second kappa shape index (κ2) is 9.56. The first-order valence-corrected chi connectivity index (χ1v) is 8.28. The fourth-order valence-corrected chi connectivity index (χ4v) is 2.18. The highest BCUT2D eigenvalue weighted by atomic mass is 19.1. The molecule has 0 atom stereocenters. The van der Waals surface area contributed by atoms with Crippen LogP contribution in [-0.2, 0) is 20.9 Å². The number of hydrogen-bond acceptors (Lipinski definition) is 4. The van der Waals surface area contributed by atoms with Crippen molar-refractivity contribution in [2.45, 2.75) is 19.9 Å². The molecule has 0 unspecified atom stereocenters. The lowest BCUT2D eigenvalue weighted by Crippen LogP contribution is -2.31. The van der Waals surface area contributed by atoms with Crippen LogP contribution in [0.4, 0.5) is 4.39 Å². The van der Waals surface area contributed by atoms with Gasteiger partial charge in [0, 0.05) is 19.2 Å². The number of likely N-dealkylation sites (N-methyl/N-ethyl adjacent to an activating group) is 1. The molecule has 0 saturated heterocycles. The minimum absolute atomic E-state index is 0.0399. The number of halogens is 1. The molecule has 0 aliphatic heterocycles. The van der Waals surface area contributed by atoms with E-state index in [2.05, 4.69) is 0 Å². The molecule has 5 nitrogen and oxygen atoms in total. The van der Waals surface area contributed by atoms with Gasteiger partial charge in [-0.05, 0) is 25.1 Å². The molecule has 0 spiro atoms. The first kappa shape index (κ1) is 19.4. The number of esters is 1. The summed E-state index contributed by atoms with van der Waals surface area (Å²) in [6.45, 7) is 1.87. The maximum atomic E-state index is 13.6. The summed E-state index contributed by atoms with van der Waals surface area (Å²) in [5.41, 5.74) is 1.52. The number of amides is 1. The van der Waals surface area contributed by atoms with Gasteiger partial charge in [0.05, 0.1) is 13.0 Å². The normalized spacial score (nSPS) is 10.3. The summed E-state index contributed by atoms with van der Waals surface area (Å²) in [6.07, 6.45) is 0.0399. The summed E-state index contributed by atoms with van der Waals surface area (Å²) in [5.74, 6) is -0.632. The van der Waals surface area contributed by atoms with E-state index in [1.54, 1.807) is 18.2 Å². The smallest absolute Gasteiger partial charge is 0.309 e. The van der Waals surface area contributed by atoms with Crippen molar-refractivity contribution in [2.24, 2.45) is 0 Å². The maximum Gasteiger partial charge on any atom is 0.309 e. The molecule has 0 saturated carbocycles. The third kappa shape index (κ3) is 6.20. The van der Waals surface area contributed by atoms with Crippen LogP contribution in [0, 0.1) is 12.7 Å². The molecule has 0 radical (unpaired) electrons. The van der Waals surface area contributed by atoms with E-state index in [9.17, 15) is 14.0 Å². The third-order valence-corrected chi connectivity index (χ3v) is 3.74. The molecule has 0 fully saturated rings. The number of nitrogens with zero attached hydrogens (tertiary/aromatic N) is 1. The lowest BCUT2D eigenvalue weighted by molar-refractivity contribution is -0.152. The van der Waals surface area contributed by atoms with Crippen molar-refractivity contribution >= 4 is 11.9 Å². The summed E-state index contributed by atoms with van der Waals surface area (Å²) >= 11 is 0. The SMILES string of the molecule is Cc1ccc(OCCC(=O)OCC(=O)N(C)Cc2ccccc2F)cc1. The molecule has 0 bridgehead atoms. The molecule has 1 amide bonds. The highest BCUT2D eigenvalue weighted by molar-refractivity contribution is 5.80. The monoisotopic (exact) mass is 359 g/mol. The Hall–Kier alpha value is -2.89. The standard InChI is InChI=1S/C20H22FNO4/c1-15-7-9-17(10-8-15)25-12-11-20(24)26-14-19(23)22(2)13-16-5-3-4-6-18(16)21/h3-10H,11-14H2,1-2H3. The fourth-order valence-electron chi connectivity index (χ4n) is 2.18. The number of carbonyl (C=O) groups is 2. The molecule has 138 valence electrons. The predicted molar refractivity (Wildman–Crippen MR) is 95.1 cm³/mol. The van der Waals surface area contributed by atoms with E-state index in [1.807, 2.05) is 31.2 Å². The number of aryl methyl sites for hydroxylation is 1. The molecular formula is C20H22FNO4. The highest BCUT2D eigenvalue weighted by Crippen LogP contribution is 2.12. The average molecular weight is 359 g/mol. The van der Waals surface area contributed by atoms with Gasteiger partial charge in [0.15, 0.2) is 6.61 Å². The van der Waals surface area contributed by atoms with Gasteiger partial charge >= 0.3 is 5.97 Å². The van der Waals surface area contributed by atoms with Crippen LogP contribution >= 0.6 is 0 Å². The molecule has 0 aromatic heterocycles. The lowest BCUT2D eigenvalue weighted by Gasteiger charge is -2.17. The molecule has 0 aliphatic carbocycles. The van der Waals surface area contributed by atoms with Crippen molar-refractivity contribution < 1.29 is 23.5 Å². The number of carbonyl (C=O) groups excluding carboxylic acids is 2. The van der Waals surface area contributed by atoms with Crippen molar-refractivity contribution in [3.63, 3.8) is 0 Å². The Morgan fingerprint density at radius 2 is 1.77 bits per heavy atom. The quantitative estimate of drug-likeness (QED) is 0.680. The Morgan fingerprint density at radius 1 is 1.08 bits per heavy atom. The minimum atomic E-state index is -0.523. The van der Waals surface area contributed by atoms with E-state index in [0.29, 0.717) is 11.3 Å². The summed E-state index contributed by atoms with van der Waals surface area (Å²) in [7, 11) is 1.53. The van der Waals surface area contributed by atoms with E-state index in [-0.39, 0.29) is 32.0 Å². The van der Waals surface area contributed by atoms with E-state index in [1.165, 1.54) is 18.0 Å². The number of rotatable bonds is 8. The number of hydrogen-bond donors (Lipinski definition) is 0. The zero-order valence-electron chi connectivity index (χ0n) is 14.9. The van der Waals surface area contributed by atoms with Crippen molar-refractivity contribution in [1.82, 2.24) is 4.90 Å². The average Bonchev–Trinajstić information content (AvgIpc) is 2.63. The van der Waals surface area contributed by atoms with E-state index in [0.717, 1.165) is 5.56 Å². The van der Waals surface area contributed by atoms with Gasteiger partial charge in [0.2, 0.25) is 0 Å². The second-order valence-corrected chi connectivity index (χ2v) is 5.91. The van der Waals surface area contributed by atoms with Crippen LogP contribution in [0.15, 0.2) is 48.5 Å². The van der Waals surface area contributed by atoms with E-state index >= 15 is 0 Å². The topological polar surface area (TPSA) is 55.8 Å². The van der Waals surface area contributed by atoms with Crippen LogP contribution in [0.25, 0.3) is 0 Å². The van der Waals surface area contributed by atoms with Gasteiger partial charge in [-0.1, -0.05) is 35.9 Å².